The number of hydrogen-bond donors (Lipinski definition) is 2. The second kappa shape index (κ2) is 10.5. The highest BCUT2D eigenvalue weighted by Gasteiger charge is 2.28. The lowest BCUT2D eigenvalue weighted by molar-refractivity contribution is 0.0143. The van der Waals surface area contributed by atoms with E-state index >= 15 is 0 Å². The van der Waals surface area contributed by atoms with Gasteiger partial charge in [0.05, 0.1) is 31.3 Å². The Hall–Kier alpha value is -0.860. The van der Waals surface area contributed by atoms with Crippen molar-refractivity contribution in [1.82, 2.24) is 15.5 Å². The Morgan fingerprint density at radius 3 is 2.58 bits per heavy atom. The first-order valence-corrected chi connectivity index (χ1v) is 11.8. The maximum absolute atomic E-state index is 11.6. The van der Waals surface area contributed by atoms with Crippen LogP contribution in [-0.2, 0) is 14.6 Å². The van der Waals surface area contributed by atoms with E-state index in [-0.39, 0.29) is 5.92 Å². The molecule has 0 spiro atoms. The first-order valence-electron chi connectivity index (χ1n) is 9.94. The van der Waals surface area contributed by atoms with Crippen molar-refractivity contribution < 1.29 is 13.2 Å². The number of sulfone groups is 1. The standard InChI is InChI=1S/C18H36N4O3S/c1-4-19-18(20-12-16-5-10-26(23,24)14-16)21-13-17(11-15(2)3)22-6-8-25-9-7-22/h15-17H,4-14H2,1-3H3,(H2,19,20,21). The summed E-state index contributed by atoms with van der Waals surface area (Å²) >= 11 is 0. The Morgan fingerprint density at radius 1 is 1.27 bits per heavy atom. The molecule has 0 aromatic rings. The molecule has 7 nitrogen and oxygen atoms in total. The van der Waals surface area contributed by atoms with Crippen molar-refractivity contribution in [2.24, 2.45) is 16.8 Å². The van der Waals surface area contributed by atoms with Crippen LogP contribution in [0.3, 0.4) is 0 Å². The number of morpholine rings is 1. The zero-order valence-electron chi connectivity index (χ0n) is 16.5. The average Bonchev–Trinajstić information content (AvgIpc) is 2.95. The van der Waals surface area contributed by atoms with Crippen LogP contribution in [0.2, 0.25) is 0 Å². The summed E-state index contributed by atoms with van der Waals surface area (Å²) in [7, 11) is -2.83. The maximum atomic E-state index is 11.6. The van der Waals surface area contributed by atoms with Crippen molar-refractivity contribution in [3.05, 3.63) is 0 Å². The predicted molar refractivity (Wildman–Crippen MR) is 106 cm³/mol. The van der Waals surface area contributed by atoms with Crippen molar-refractivity contribution in [2.75, 3.05) is 57.4 Å². The highest BCUT2D eigenvalue weighted by atomic mass is 32.2. The highest BCUT2D eigenvalue weighted by Crippen LogP contribution is 2.17. The molecule has 2 rings (SSSR count). The number of guanidine groups is 1. The van der Waals surface area contributed by atoms with E-state index in [9.17, 15) is 8.42 Å². The summed E-state index contributed by atoms with van der Waals surface area (Å²) < 4.78 is 28.7. The van der Waals surface area contributed by atoms with E-state index in [1.54, 1.807) is 0 Å². The largest absolute Gasteiger partial charge is 0.379 e. The fourth-order valence-electron chi connectivity index (χ4n) is 3.64. The summed E-state index contributed by atoms with van der Waals surface area (Å²) in [5.41, 5.74) is 0. The van der Waals surface area contributed by atoms with Gasteiger partial charge in [0.1, 0.15) is 0 Å². The lowest BCUT2D eigenvalue weighted by atomic mass is 10.0. The molecule has 2 atom stereocenters. The second-order valence-corrected chi connectivity index (χ2v) is 10.0. The summed E-state index contributed by atoms with van der Waals surface area (Å²) in [6, 6.07) is 0.418. The van der Waals surface area contributed by atoms with Crippen LogP contribution in [-0.4, -0.2) is 82.8 Å². The number of nitrogens with zero attached hydrogens (tertiary/aromatic N) is 2. The van der Waals surface area contributed by atoms with Gasteiger partial charge < -0.3 is 15.4 Å². The van der Waals surface area contributed by atoms with Crippen LogP contribution < -0.4 is 10.6 Å². The molecule has 2 unspecified atom stereocenters. The van der Waals surface area contributed by atoms with Crippen molar-refractivity contribution in [3.63, 3.8) is 0 Å². The summed E-state index contributed by atoms with van der Waals surface area (Å²) in [5.74, 6) is 2.22. The molecule has 2 aliphatic heterocycles. The zero-order valence-corrected chi connectivity index (χ0v) is 17.4. The summed E-state index contributed by atoms with van der Waals surface area (Å²) in [6.07, 6.45) is 1.86. The molecular weight excluding hydrogens is 352 g/mol. The molecule has 2 aliphatic rings. The molecule has 8 heteroatoms. The van der Waals surface area contributed by atoms with E-state index in [1.165, 1.54) is 0 Å². The SMILES string of the molecule is CCNC(=NCC(CC(C)C)N1CCOCC1)NCC1CCS(=O)(=O)C1. The van der Waals surface area contributed by atoms with Gasteiger partial charge in [0, 0.05) is 32.2 Å². The Balaban J connectivity index is 1.91. The maximum Gasteiger partial charge on any atom is 0.191 e. The summed E-state index contributed by atoms with van der Waals surface area (Å²) in [5, 5.41) is 6.63. The Morgan fingerprint density at radius 2 is 2.00 bits per heavy atom. The van der Waals surface area contributed by atoms with Gasteiger partial charge in [0.25, 0.3) is 0 Å². The first kappa shape index (κ1) is 21.4. The fourth-order valence-corrected chi connectivity index (χ4v) is 5.50. The van der Waals surface area contributed by atoms with Gasteiger partial charge in [-0.05, 0) is 31.6 Å². The molecule has 2 fully saturated rings. The monoisotopic (exact) mass is 388 g/mol. The van der Waals surface area contributed by atoms with Crippen LogP contribution >= 0.6 is 0 Å². The van der Waals surface area contributed by atoms with Gasteiger partial charge in [-0.25, -0.2) is 8.42 Å². The molecule has 0 aromatic heterocycles. The molecule has 2 saturated heterocycles. The van der Waals surface area contributed by atoms with E-state index in [4.69, 9.17) is 9.73 Å². The summed E-state index contributed by atoms with van der Waals surface area (Å²) in [6.45, 7) is 12.3. The molecule has 0 saturated carbocycles. The van der Waals surface area contributed by atoms with E-state index < -0.39 is 9.84 Å². The van der Waals surface area contributed by atoms with Gasteiger partial charge in [-0.15, -0.1) is 0 Å². The lowest BCUT2D eigenvalue weighted by Crippen LogP contribution is -2.46. The highest BCUT2D eigenvalue weighted by molar-refractivity contribution is 7.91. The number of nitrogens with one attached hydrogen (secondary N) is 2. The third-order valence-electron chi connectivity index (χ3n) is 4.99. The quantitative estimate of drug-likeness (QED) is 0.471. The fraction of sp³-hybridized carbons (Fsp3) is 0.944. The van der Waals surface area contributed by atoms with Gasteiger partial charge in [-0.1, -0.05) is 13.8 Å². The minimum Gasteiger partial charge on any atom is -0.379 e. The van der Waals surface area contributed by atoms with Crippen LogP contribution in [0.4, 0.5) is 0 Å². The van der Waals surface area contributed by atoms with Gasteiger partial charge >= 0.3 is 0 Å². The molecule has 2 N–H and O–H groups in total. The summed E-state index contributed by atoms with van der Waals surface area (Å²) in [4.78, 5) is 7.29. The topological polar surface area (TPSA) is 83.0 Å². The molecule has 2 heterocycles. The first-order chi connectivity index (χ1) is 12.4. The molecule has 0 bridgehead atoms. The van der Waals surface area contributed by atoms with Crippen molar-refractivity contribution in [3.8, 4) is 0 Å². The average molecular weight is 389 g/mol. The zero-order chi connectivity index (χ0) is 19.0. The van der Waals surface area contributed by atoms with E-state index in [0.717, 1.165) is 58.2 Å². The third-order valence-corrected chi connectivity index (χ3v) is 6.83. The normalized spacial score (nSPS) is 25.4. The third kappa shape index (κ3) is 7.40. The van der Waals surface area contributed by atoms with Gasteiger partial charge in [-0.3, -0.25) is 9.89 Å². The van der Waals surface area contributed by atoms with Gasteiger partial charge in [0.15, 0.2) is 15.8 Å². The van der Waals surface area contributed by atoms with Crippen LogP contribution in [0.25, 0.3) is 0 Å². The van der Waals surface area contributed by atoms with Crippen molar-refractivity contribution in [1.29, 1.82) is 0 Å². The molecule has 0 radical (unpaired) electrons. The minimum atomic E-state index is -2.83. The second-order valence-electron chi connectivity index (χ2n) is 7.80. The number of ether oxygens (including phenoxy) is 1. The molecule has 0 aromatic carbocycles. The van der Waals surface area contributed by atoms with E-state index in [2.05, 4.69) is 29.4 Å². The Bertz CT molecular complexity index is 545. The van der Waals surface area contributed by atoms with Gasteiger partial charge in [-0.2, -0.15) is 0 Å². The lowest BCUT2D eigenvalue weighted by Gasteiger charge is -2.34. The molecule has 0 aliphatic carbocycles. The smallest absolute Gasteiger partial charge is 0.191 e. The van der Waals surface area contributed by atoms with E-state index in [0.29, 0.717) is 30.0 Å². The number of rotatable bonds is 8. The van der Waals surface area contributed by atoms with Crippen molar-refractivity contribution in [2.45, 2.75) is 39.7 Å². The molecule has 26 heavy (non-hydrogen) atoms. The van der Waals surface area contributed by atoms with Crippen molar-refractivity contribution >= 4 is 15.8 Å². The number of hydrogen-bond acceptors (Lipinski definition) is 5. The molecule has 152 valence electrons. The number of aliphatic imine (C=N–C) groups is 1. The molecule has 0 amide bonds. The van der Waals surface area contributed by atoms with Gasteiger partial charge in [0.2, 0.25) is 0 Å². The Labute approximate surface area is 158 Å². The van der Waals surface area contributed by atoms with Crippen LogP contribution in [0, 0.1) is 11.8 Å². The van der Waals surface area contributed by atoms with E-state index in [1.807, 2.05) is 6.92 Å². The molecular formula is C18H36N4O3S. The predicted octanol–water partition coefficient (Wildman–Crippen LogP) is 0.723. The Kier molecular flexibility index (Phi) is 8.63. The van der Waals surface area contributed by atoms with Crippen LogP contribution in [0.1, 0.15) is 33.6 Å². The van der Waals surface area contributed by atoms with Crippen LogP contribution in [0.15, 0.2) is 4.99 Å². The minimum absolute atomic E-state index is 0.189. The van der Waals surface area contributed by atoms with Crippen LogP contribution in [0.5, 0.6) is 0 Å².